The largest absolute Gasteiger partial charge is 0.514 e. The van der Waals surface area contributed by atoms with Crippen molar-refractivity contribution >= 4 is 52.0 Å². The topological polar surface area (TPSA) is 174 Å². The summed E-state index contributed by atoms with van der Waals surface area (Å²) in [7, 11) is -0.529. The van der Waals surface area contributed by atoms with E-state index in [1.807, 2.05) is 84.1 Å². The number of nitriles is 1. The number of ether oxygens (including phenoxy) is 2. The van der Waals surface area contributed by atoms with Crippen molar-refractivity contribution < 1.29 is 23.6 Å². The zero-order valence-electron chi connectivity index (χ0n) is 35.0. The van der Waals surface area contributed by atoms with E-state index in [2.05, 4.69) is 47.6 Å². The van der Waals surface area contributed by atoms with Gasteiger partial charge in [0.15, 0.2) is 10.6 Å². The minimum Gasteiger partial charge on any atom is -0.435 e. The van der Waals surface area contributed by atoms with Crippen molar-refractivity contribution in [3.05, 3.63) is 77.0 Å². The van der Waals surface area contributed by atoms with E-state index >= 15 is 0 Å². The molecule has 17 nitrogen and oxygen atoms in total. The van der Waals surface area contributed by atoms with Gasteiger partial charge in [-0.1, -0.05) is 16.2 Å². The predicted octanol–water partition coefficient (Wildman–Crippen LogP) is 5.35. The maximum Gasteiger partial charge on any atom is 0.514 e. The molecule has 3 fully saturated rings. The summed E-state index contributed by atoms with van der Waals surface area (Å²) >= 11 is 1.48. The summed E-state index contributed by atoms with van der Waals surface area (Å²) in [6, 6.07) is 18.9. The second-order valence-electron chi connectivity index (χ2n) is 17.1. The maximum absolute atomic E-state index is 13.3. The summed E-state index contributed by atoms with van der Waals surface area (Å²) < 4.78 is 27.6. The maximum atomic E-state index is 13.3. The van der Waals surface area contributed by atoms with Gasteiger partial charge in [-0.25, -0.2) is 13.8 Å². The molecular weight excluding hydrogens is 795 g/mol. The highest BCUT2D eigenvalue weighted by molar-refractivity contribution is 7.18. The fourth-order valence-corrected chi connectivity index (χ4v) is 8.34. The Hall–Kier alpha value is -6.12. The molecule has 1 atom stereocenters. The Morgan fingerprint density at radius 1 is 0.984 bits per heavy atom. The lowest BCUT2D eigenvalue weighted by Gasteiger charge is -2.34. The molecule has 0 aromatic carbocycles. The number of amides is 1. The SMILES string of the molecule is CC(C)(C[N+]#Cc1cnn2c(B3OC(C)(C)C(C)(C)O3)ccc2c1)OC(=O)N1CCN(c2nnc(-c3cnc(-c4ccc5cc(C#N)cnn45)cc3N[C@H]3CCOC3)s2)CC1. The van der Waals surface area contributed by atoms with Gasteiger partial charge in [-0.05, 0) is 90.4 Å². The molecule has 6 aromatic heterocycles. The van der Waals surface area contributed by atoms with Gasteiger partial charge in [-0.2, -0.15) is 15.5 Å². The number of pyridine rings is 1. The Morgan fingerprint density at radius 3 is 2.46 bits per heavy atom. The van der Waals surface area contributed by atoms with Gasteiger partial charge in [0.25, 0.3) is 0 Å². The van der Waals surface area contributed by atoms with Crippen LogP contribution >= 0.6 is 11.3 Å². The molecule has 19 heteroatoms. The Morgan fingerprint density at radius 2 is 1.70 bits per heavy atom. The summed E-state index contributed by atoms with van der Waals surface area (Å²) in [5.74, 6) is 0. The van der Waals surface area contributed by atoms with Gasteiger partial charge in [-0.3, -0.25) is 4.98 Å². The lowest BCUT2D eigenvalue weighted by molar-refractivity contribution is 0.00578. The van der Waals surface area contributed by atoms with E-state index in [-0.39, 0.29) is 12.6 Å². The molecule has 312 valence electrons. The summed E-state index contributed by atoms with van der Waals surface area (Å²) in [6.07, 6.45) is 5.55. The lowest BCUT2D eigenvalue weighted by Crippen LogP contribution is -2.50. The zero-order chi connectivity index (χ0) is 42.5. The van der Waals surface area contributed by atoms with Crippen LogP contribution in [0.15, 0.2) is 61.1 Å². The number of rotatable bonds is 8. The predicted molar refractivity (Wildman–Crippen MR) is 231 cm³/mol. The second kappa shape index (κ2) is 15.7. The first-order valence-corrected chi connectivity index (χ1v) is 21.1. The standard InChI is InChI=1S/C42H46BN12O5S/c1-40(2,26-45-21-28-18-31-8-10-36(55(31)48-23-28)43-59-41(3,4)42(5,6)60-43)58-39(56)53-14-12-52(13-15-53)38-51-50-37(61-38)32-24-46-34(19-33(32)49-29-11-16-57-25-29)35-9-7-30-17-27(20-44)22-47-54(30)35/h7-10,17-19,22-24,29H,11-16,25-26H2,1-6H3,(H,46,49)/q+1/t29-/m0/s1. The lowest BCUT2D eigenvalue weighted by atomic mass is 9.85. The highest BCUT2D eigenvalue weighted by atomic mass is 32.1. The van der Waals surface area contributed by atoms with Crippen LogP contribution in [0.3, 0.4) is 0 Å². The molecule has 1 N–H and O–H groups in total. The van der Waals surface area contributed by atoms with Gasteiger partial charge < -0.3 is 33.9 Å². The van der Waals surface area contributed by atoms with E-state index < -0.39 is 30.0 Å². The van der Waals surface area contributed by atoms with Crippen LogP contribution in [0.1, 0.15) is 59.1 Å². The molecule has 9 rings (SSSR count). The van der Waals surface area contributed by atoms with E-state index in [0.29, 0.717) is 50.5 Å². The fourth-order valence-electron chi connectivity index (χ4n) is 7.42. The Kier molecular flexibility index (Phi) is 10.4. The summed E-state index contributed by atoms with van der Waals surface area (Å²) in [4.78, 5) is 26.5. The van der Waals surface area contributed by atoms with E-state index in [0.717, 1.165) is 55.8 Å². The highest BCUT2D eigenvalue weighted by Gasteiger charge is 2.52. The molecule has 3 aliphatic rings. The summed E-state index contributed by atoms with van der Waals surface area (Å²) in [6.45, 7) is 15.4. The first kappa shape index (κ1) is 40.3. The quantitative estimate of drug-likeness (QED) is 0.195. The highest BCUT2D eigenvalue weighted by Crippen LogP contribution is 2.38. The Bertz CT molecular complexity index is 2720. The van der Waals surface area contributed by atoms with E-state index in [1.165, 1.54) is 11.3 Å². The fraction of sp³-hybridized carbons (Fsp3) is 0.429. The molecule has 0 radical (unpaired) electrons. The first-order valence-electron chi connectivity index (χ1n) is 20.3. The van der Waals surface area contributed by atoms with Crippen LogP contribution in [-0.2, 0) is 18.8 Å². The number of nitrogens with zero attached hydrogens (tertiary/aromatic N) is 11. The molecule has 1 amide bonds. The average Bonchev–Trinajstić information content (AvgIpc) is 4.09. The van der Waals surface area contributed by atoms with Crippen molar-refractivity contribution in [1.29, 1.82) is 5.26 Å². The van der Waals surface area contributed by atoms with Crippen LogP contribution in [0.25, 0.3) is 37.8 Å². The molecular formula is C42H46BN12O5S+. The Labute approximate surface area is 357 Å². The third-order valence-electron chi connectivity index (χ3n) is 11.6. The minimum atomic E-state index is -0.863. The average molecular weight is 842 g/mol. The third-order valence-corrected chi connectivity index (χ3v) is 12.6. The van der Waals surface area contributed by atoms with Gasteiger partial charge in [0.05, 0.1) is 75.4 Å². The number of nitrogens with one attached hydrogen (secondary N) is 1. The van der Waals surface area contributed by atoms with Crippen LogP contribution in [-0.4, -0.2) is 121 Å². The molecule has 6 aromatic rings. The van der Waals surface area contributed by atoms with Crippen LogP contribution in [0, 0.1) is 17.4 Å². The van der Waals surface area contributed by atoms with Crippen molar-refractivity contribution in [3.63, 3.8) is 0 Å². The van der Waals surface area contributed by atoms with Crippen LogP contribution in [0.5, 0.6) is 0 Å². The van der Waals surface area contributed by atoms with Gasteiger partial charge in [-0.15, -0.1) is 10.2 Å². The minimum absolute atomic E-state index is 0.144. The molecule has 0 saturated carbocycles. The number of anilines is 2. The van der Waals surface area contributed by atoms with Crippen molar-refractivity contribution in [3.8, 4) is 34.1 Å². The molecule has 9 heterocycles. The van der Waals surface area contributed by atoms with Crippen molar-refractivity contribution in [2.45, 2.75) is 70.8 Å². The number of fused-ring (bicyclic) bond motifs is 2. The monoisotopic (exact) mass is 841 g/mol. The van der Waals surface area contributed by atoms with E-state index in [1.54, 1.807) is 32.4 Å². The molecule has 0 spiro atoms. The molecule has 61 heavy (non-hydrogen) atoms. The summed E-state index contributed by atoms with van der Waals surface area (Å²) in [5.41, 5.74) is 5.14. The first-order chi connectivity index (χ1) is 29.3. The third kappa shape index (κ3) is 8.09. The van der Waals surface area contributed by atoms with Gasteiger partial charge in [0.1, 0.15) is 11.6 Å². The number of hydrogen-bond donors (Lipinski definition) is 1. The second-order valence-corrected chi connectivity index (χ2v) is 18.0. The van der Waals surface area contributed by atoms with Crippen molar-refractivity contribution in [2.75, 3.05) is 56.2 Å². The van der Waals surface area contributed by atoms with Gasteiger partial charge >= 0.3 is 25.8 Å². The van der Waals surface area contributed by atoms with Crippen LogP contribution in [0.2, 0.25) is 0 Å². The van der Waals surface area contributed by atoms with Crippen LogP contribution in [0.4, 0.5) is 15.6 Å². The Balaban J connectivity index is 0.815. The molecule has 0 unspecified atom stereocenters. The van der Waals surface area contributed by atoms with Gasteiger partial charge in [0, 0.05) is 44.7 Å². The number of aromatic nitrogens is 7. The summed E-state index contributed by atoms with van der Waals surface area (Å²) in [5, 5.41) is 32.7. The zero-order valence-corrected chi connectivity index (χ0v) is 35.8. The smallest absolute Gasteiger partial charge is 0.435 e. The number of hydrogen-bond acceptors (Lipinski definition) is 14. The molecule has 3 saturated heterocycles. The molecule has 3 aliphatic heterocycles. The van der Waals surface area contributed by atoms with Crippen LogP contribution < -0.4 is 15.8 Å². The molecule has 0 bridgehead atoms. The van der Waals surface area contributed by atoms with E-state index in [9.17, 15) is 10.1 Å². The number of piperazine rings is 1. The normalized spacial score (nSPS) is 18.6. The van der Waals surface area contributed by atoms with Crippen molar-refractivity contribution in [2.24, 2.45) is 0 Å². The number of carbonyl (C=O) groups is 1. The number of carbonyl (C=O) groups excluding carboxylic acids is 1. The van der Waals surface area contributed by atoms with Crippen molar-refractivity contribution in [1.82, 2.24) is 39.3 Å². The van der Waals surface area contributed by atoms with Gasteiger partial charge in [0.2, 0.25) is 5.13 Å². The molecule has 0 aliphatic carbocycles. The van der Waals surface area contributed by atoms with E-state index in [4.69, 9.17) is 23.8 Å².